The summed E-state index contributed by atoms with van der Waals surface area (Å²) in [7, 11) is 3.23. The van der Waals surface area contributed by atoms with Gasteiger partial charge < -0.3 is 25.4 Å². The van der Waals surface area contributed by atoms with Crippen molar-refractivity contribution in [3.63, 3.8) is 0 Å². The maximum absolute atomic E-state index is 12.5. The molecular formula is C17H26ClN3O3. The van der Waals surface area contributed by atoms with Gasteiger partial charge in [0.15, 0.2) is 0 Å². The van der Waals surface area contributed by atoms with Gasteiger partial charge in [0, 0.05) is 45.5 Å². The quantitative estimate of drug-likeness (QED) is 0.579. The number of halogens is 1. The summed E-state index contributed by atoms with van der Waals surface area (Å²) in [5, 5.41) is 3.43. The van der Waals surface area contributed by atoms with Crippen LogP contribution in [0.1, 0.15) is 29.6 Å². The molecule has 1 aliphatic rings. The molecule has 0 spiro atoms. The second kappa shape index (κ2) is 9.11. The van der Waals surface area contributed by atoms with E-state index in [0.29, 0.717) is 22.0 Å². The lowest BCUT2D eigenvalue weighted by Crippen LogP contribution is -2.45. The monoisotopic (exact) mass is 355 g/mol. The van der Waals surface area contributed by atoms with E-state index in [1.54, 1.807) is 19.2 Å². The average molecular weight is 356 g/mol. The number of benzene rings is 1. The molecule has 0 aromatic heterocycles. The van der Waals surface area contributed by atoms with Gasteiger partial charge in [0.25, 0.3) is 5.91 Å². The Morgan fingerprint density at radius 1 is 1.38 bits per heavy atom. The van der Waals surface area contributed by atoms with E-state index in [9.17, 15) is 4.79 Å². The zero-order chi connectivity index (χ0) is 17.5. The van der Waals surface area contributed by atoms with Crippen LogP contribution in [0.2, 0.25) is 5.02 Å². The summed E-state index contributed by atoms with van der Waals surface area (Å²) in [5.74, 6) is 0.262. The van der Waals surface area contributed by atoms with E-state index in [1.165, 1.54) is 7.11 Å². The van der Waals surface area contributed by atoms with Crippen LogP contribution in [0.15, 0.2) is 12.1 Å². The molecule has 0 unspecified atom stereocenters. The van der Waals surface area contributed by atoms with Gasteiger partial charge in [-0.1, -0.05) is 11.6 Å². The number of carbonyl (C=O) groups excluding carboxylic acids is 1. The summed E-state index contributed by atoms with van der Waals surface area (Å²) in [6, 6.07) is 3.30. The molecule has 0 saturated carbocycles. The SMILES string of the molecule is COCCCN1CCC(NC(=O)c2cc(Cl)c(N)cc2OC)CC1. The van der Waals surface area contributed by atoms with Gasteiger partial charge in [-0.3, -0.25) is 4.79 Å². The summed E-state index contributed by atoms with van der Waals surface area (Å²) in [5.41, 5.74) is 6.57. The fraction of sp³-hybridized carbons (Fsp3) is 0.588. The number of nitrogens with two attached hydrogens (primary N) is 1. The molecule has 24 heavy (non-hydrogen) atoms. The molecule has 1 saturated heterocycles. The molecule has 0 radical (unpaired) electrons. The third kappa shape index (κ3) is 5.00. The Bertz CT molecular complexity index is 560. The largest absolute Gasteiger partial charge is 0.496 e. The van der Waals surface area contributed by atoms with Crippen LogP contribution in [-0.2, 0) is 4.74 Å². The van der Waals surface area contributed by atoms with Gasteiger partial charge in [0.05, 0.1) is 23.4 Å². The first-order valence-electron chi connectivity index (χ1n) is 8.20. The Labute approximate surface area is 148 Å². The van der Waals surface area contributed by atoms with E-state index in [4.69, 9.17) is 26.8 Å². The number of carbonyl (C=O) groups is 1. The molecule has 1 aromatic carbocycles. The van der Waals surface area contributed by atoms with E-state index < -0.39 is 0 Å². The van der Waals surface area contributed by atoms with Crippen LogP contribution in [-0.4, -0.2) is 57.3 Å². The molecule has 0 aliphatic carbocycles. The molecule has 134 valence electrons. The molecule has 1 fully saturated rings. The van der Waals surface area contributed by atoms with Crippen molar-refractivity contribution >= 4 is 23.2 Å². The number of ether oxygens (including phenoxy) is 2. The molecule has 1 aliphatic heterocycles. The number of anilines is 1. The first-order chi connectivity index (χ1) is 11.5. The third-order valence-corrected chi connectivity index (χ3v) is 4.64. The zero-order valence-electron chi connectivity index (χ0n) is 14.3. The van der Waals surface area contributed by atoms with E-state index in [1.807, 2.05) is 0 Å². The molecule has 1 aromatic rings. The Balaban J connectivity index is 1.89. The number of likely N-dealkylation sites (tertiary alicyclic amines) is 1. The number of methoxy groups -OCH3 is 2. The molecule has 1 heterocycles. The lowest BCUT2D eigenvalue weighted by Gasteiger charge is -2.32. The van der Waals surface area contributed by atoms with Crippen LogP contribution >= 0.6 is 11.6 Å². The number of amides is 1. The first kappa shape index (κ1) is 18.8. The van der Waals surface area contributed by atoms with Gasteiger partial charge in [0.1, 0.15) is 5.75 Å². The van der Waals surface area contributed by atoms with Crippen LogP contribution in [0.3, 0.4) is 0 Å². The van der Waals surface area contributed by atoms with Crippen molar-refractivity contribution in [2.24, 2.45) is 0 Å². The molecule has 1 amide bonds. The smallest absolute Gasteiger partial charge is 0.255 e. The van der Waals surface area contributed by atoms with Crippen molar-refractivity contribution in [1.29, 1.82) is 0 Å². The van der Waals surface area contributed by atoms with Crippen LogP contribution in [0.25, 0.3) is 0 Å². The Morgan fingerprint density at radius 2 is 2.08 bits per heavy atom. The molecule has 0 bridgehead atoms. The Hall–Kier alpha value is -1.50. The first-order valence-corrected chi connectivity index (χ1v) is 8.58. The van der Waals surface area contributed by atoms with Crippen LogP contribution in [0.5, 0.6) is 5.75 Å². The average Bonchev–Trinajstić information content (AvgIpc) is 2.58. The lowest BCUT2D eigenvalue weighted by atomic mass is 10.0. The predicted molar refractivity (Wildman–Crippen MR) is 95.8 cm³/mol. The van der Waals surface area contributed by atoms with Gasteiger partial charge in [-0.2, -0.15) is 0 Å². The van der Waals surface area contributed by atoms with Gasteiger partial charge in [0.2, 0.25) is 0 Å². The maximum atomic E-state index is 12.5. The van der Waals surface area contributed by atoms with Crippen molar-refractivity contribution in [3.8, 4) is 5.75 Å². The fourth-order valence-electron chi connectivity index (χ4n) is 2.91. The highest BCUT2D eigenvalue weighted by Crippen LogP contribution is 2.29. The summed E-state index contributed by atoms with van der Waals surface area (Å²) >= 11 is 6.03. The van der Waals surface area contributed by atoms with E-state index in [0.717, 1.165) is 45.5 Å². The highest BCUT2D eigenvalue weighted by molar-refractivity contribution is 6.33. The molecule has 7 heteroatoms. The fourth-order valence-corrected chi connectivity index (χ4v) is 3.08. The highest BCUT2D eigenvalue weighted by atomic mass is 35.5. The van der Waals surface area contributed by atoms with Crippen LogP contribution < -0.4 is 15.8 Å². The van der Waals surface area contributed by atoms with Gasteiger partial charge >= 0.3 is 0 Å². The predicted octanol–water partition coefficient (Wildman–Crippen LogP) is 2.16. The normalized spacial score (nSPS) is 16.1. The Morgan fingerprint density at radius 3 is 2.71 bits per heavy atom. The summed E-state index contributed by atoms with van der Waals surface area (Å²) in [4.78, 5) is 14.9. The molecule has 6 nitrogen and oxygen atoms in total. The van der Waals surface area contributed by atoms with Crippen molar-refractivity contribution < 1.29 is 14.3 Å². The molecular weight excluding hydrogens is 330 g/mol. The van der Waals surface area contributed by atoms with E-state index in [-0.39, 0.29) is 11.9 Å². The standard InChI is InChI=1S/C17H26ClN3O3/c1-23-9-3-6-21-7-4-12(5-8-21)20-17(22)13-10-14(18)15(19)11-16(13)24-2/h10-12H,3-9,19H2,1-2H3,(H,20,22). The highest BCUT2D eigenvalue weighted by Gasteiger charge is 2.22. The topological polar surface area (TPSA) is 76.8 Å². The van der Waals surface area contributed by atoms with Crippen LogP contribution in [0, 0.1) is 0 Å². The van der Waals surface area contributed by atoms with Crippen molar-refractivity contribution in [3.05, 3.63) is 22.7 Å². The summed E-state index contributed by atoms with van der Waals surface area (Å²) in [6.45, 7) is 3.78. The van der Waals surface area contributed by atoms with Crippen molar-refractivity contribution in [2.45, 2.75) is 25.3 Å². The number of rotatable bonds is 7. The van der Waals surface area contributed by atoms with E-state index in [2.05, 4.69) is 10.2 Å². The van der Waals surface area contributed by atoms with Crippen molar-refractivity contribution in [2.75, 3.05) is 46.2 Å². The third-order valence-electron chi connectivity index (χ3n) is 4.31. The summed E-state index contributed by atoms with van der Waals surface area (Å²) < 4.78 is 10.3. The van der Waals surface area contributed by atoms with Crippen LogP contribution in [0.4, 0.5) is 5.69 Å². The minimum absolute atomic E-state index is 0.164. The second-order valence-corrected chi connectivity index (χ2v) is 6.42. The van der Waals surface area contributed by atoms with Gasteiger partial charge in [-0.05, 0) is 25.3 Å². The van der Waals surface area contributed by atoms with Gasteiger partial charge in [-0.25, -0.2) is 0 Å². The zero-order valence-corrected chi connectivity index (χ0v) is 15.1. The molecule has 0 atom stereocenters. The number of piperidine rings is 1. The van der Waals surface area contributed by atoms with E-state index >= 15 is 0 Å². The number of nitrogen functional groups attached to an aromatic ring is 1. The number of hydrogen-bond donors (Lipinski definition) is 2. The van der Waals surface area contributed by atoms with Crippen molar-refractivity contribution in [1.82, 2.24) is 10.2 Å². The second-order valence-electron chi connectivity index (χ2n) is 6.01. The molecule has 2 rings (SSSR count). The minimum atomic E-state index is -0.174. The lowest BCUT2D eigenvalue weighted by molar-refractivity contribution is 0.0904. The number of nitrogens with zero attached hydrogens (tertiary/aromatic N) is 1. The summed E-state index contributed by atoms with van der Waals surface area (Å²) in [6.07, 6.45) is 2.90. The number of hydrogen-bond acceptors (Lipinski definition) is 5. The number of nitrogens with one attached hydrogen (secondary N) is 1. The van der Waals surface area contributed by atoms with Gasteiger partial charge in [-0.15, -0.1) is 0 Å². The minimum Gasteiger partial charge on any atom is -0.496 e. The maximum Gasteiger partial charge on any atom is 0.255 e. The molecule has 3 N–H and O–H groups in total. The Kier molecular flexibility index (Phi) is 7.15.